The van der Waals surface area contributed by atoms with E-state index in [-0.39, 0.29) is 11.8 Å². The summed E-state index contributed by atoms with van der Waals surface area (Å²) in [7, 11) is 0. The third-order valence-corrected chi connectivity index (χ3v) is 5.43. The molecule has 2 amide bonds. The molecule has 2 aromatic rings. The van der Waals surface area contributed by atoms with E-state index >= 15 is 0 Å². The lowest BCUT2D eigenvalue weighted by Gasteiger charge is -2.32. The fourth-order valence-electron chi connectivity index (χ4n) is 2.37. The van der Waals surface area contributed by atoms with Crippen LogP contribution < -0.4 is 5.32 Å². The Balaban J connectivity index is 2.01. The Bertz CT molecular complexity index is 744. The molecular weight excluding hydrogens is 331 g/mol. The summed E-state index contributed by atoms with van der Waals surface area (Å²) in [6.45, 7) is 2.66. The molecule has 0 radical (unpaired) electrons. The molecular formula is C14H12Cl2N2O2S. The molecule has 1 atom stereocenters. The Hall–Kier alpha value is -1.30. The second-order valence-corrected chi connectivity index (χ2v) is 6.72. The average Bonchev–Trinajstić information content (AvgIpc) is 2.78. The first-order valence-corrected chi connectivity index (χ1v) is 8.02. The van der Waals surface area contributed by atoms with Gasteiger partial charge < -0.3 is 10.2 Å². The number of fused-ring (bicyclic) bond motifs is 1. The number of benzene rings is 1. The van der Waals surface area contributed by atoms with Crippen LogP contribution in [0.2, 0.25) is 10.0 Å². The summed E-state index contributed by atoms with van der Waals surface area (Å²) >= 11 is 13.6. The molecule has 0 saturated carbocycles. The molecule has 1 N–H and O–H groups in total. The summed E-state index contributed by atoms with van der Waals surface area (Å²) in [4.78, 5) is 26.4. The zero-order valence-electron chi connectivity index (χ0n) is 11.2. The maximum Gasteiger partial charge on any atom is 0.266 e. The highest BCUT2D eigenvalue weighted by Gasteiger charge is 2.32. The van der Waals surface area contributed by atoms with Gasteiger partial charge in [0.15, 0.2) is 0 Å². The molecule has 1 unspecified atom stereocenters. The number of piperazine rings is 1. The molecule has 4 nitrogen and oxygen atoms in total. The van der Waals surface area contributed by atoms with Crippen molar-refractivity contribution >= 4 is 56.4 Å². The molecule has 110 valence electrons. The zero-order valence-corrected chi connectivity index (χ0v) is 13.5. The first-order valence-electron chi connectivity index (χ1n) is 6.45. The molecule has 1 aliphatic heterocycles. The molecule has 1 saturated heterocycles. The van der Waals surface area contributed by atoms with Gasteiger partial charge in [-0.2, -0.15) is 0 Å². The van der Waals surface area contributed by atoms with Gasteiger partial charge in [-0.05, 0) is 19.1 Å². The number of hydrogen-bond acceptors (Lipinski definition) is 3. The maximum absolute atomic E-state index is 12.7. The van der Waals surface area contributed by atoms with E-state index in [1.54, 1.807) is 30.0 Å². The van der Waals surface area contributed by atoms with Crippen LogP contribution >= 0.6 is 34.5 Å². The number of thiophene rings is 1. The standard InChI is InChI=1S/C14H12Cl2N2O2S/c1-7-13(19)17-4-5-18(7)14(20)12-11(16)9-3-2-8(15)6-10(9)21-12/h2-3,6-7H,4-5H2,1H3,(H,17,19). The lowest BCUT2D eigenvalue weighted by atomic mass is 10.2. The van der Waals surface area contributed by atoms with E-state index in [1.807, 2.05) is 0 Å². The highest BCUT2D eigenvalue weighted by Crippen LogP contribution is 2.37. The lowest BCUT2D eigenvalue weighted by molar-refractivity contribution is -0.127. The van der Waals surface area contributed by atoms with Gasteiger partial charge in [-0.25, -0.2) is 0 Å². The number of rotatable bonds is 1. The van der Waals surface area contributed by atoms with Gasteiger partial charge in [0.1, 0.15) is 10.9 Å². The number of amides is 2. The normalized spacial score (nSPS) is 18.9. The van der Waals surface area contributed by atoms with Crippen molar-refractivity contribution in [1.82, 2.24) is 10.2 Å². The largest absolute Gasteiger partial charge is 0.353 e. The minimum absolute atomic E-state index is 0.144. The Morgan fingerprint density at radius 2 is 2.19 bits per heavy atom. The van der Waals surface area contributed by atoms with E-state index in [1.165, 1.54) is 11.3 Å². The molecule has 1 fully saturated rings. The minimum atomic E-state index is -0.490. The Morgan fingerprint density at radius 3 is 2.95 bits per heavy atom. The number of hydrogen-bond donors (Lipinski definition) is 1. The van der Waals surface area contributed by atoms with Crippen molar-refractivity contribution in [3.8, 4) is 0 Å². The molecule has 3 rings (SSSR count). The molecule has 2 heterocycles. The van der Waals surface area contributed by atoms with Crippen LogP contribution in [0.15, 0.2) is 18.2 Å². The molecule has 0 spiro atoms. The predicted molar refractivity (Wildman–Crippen MR) is 85.4 cm³/mol. The van der Waals surface area contributed by atoms with Crippen LogP contribution in [-0.2, 0) is 4.79 Å². The SMILES string of the molecule is CC1C(=O)NCCN1C(=O)c1sc2cc(Cl)ccc2c1Cl. The lowest BCUT2D eigenvalue weighted by Crippen LogP contribution is -2.55. The van der Waals surface area contributed by atoms with Crippen LogP contribution in [-0.4, -0.2) is 35.8 Å². The zero-order chi connectivity index (χ0) is 15.1. The summed E-state index contributed by atoms with van der Waals surface area (Å²) in [5.74, 6) is -0.352. The van der Waals surface area contributed by atoms with Crippen molar-refractivity contribution in [3.05, 3.63) is 33.1 Å². The number of carbonyl (C=O) groups is 2. The van der Waals surface area contributed by atoms with Crippen molar-refractivity contribution in [2.75, 3.05) is 13.1 Å². The van der Waals surface area contributed by atoms with Crippen LogP contribution in [0.4, 0.5) is 0 Å². The quantitative estimate of drug-likeness (QED) is 0.865. The predicted octanol–water partition coefficient (Wildman–Crippen LogP) is 3.17. The highest BCUT2D eigenvalue weighted by molar-refractivity contribution is 7.21. The van der Waals surface area contributed by atoms with Gasteiger partial charge in [-0.3, -0.25) is 9.59 Å². The maximum atomic E-state index is 12.7. The van der Waals surface area contributed by atoms with Crippen LogP contribution in [0.3, 0.4) is 0 Å². The Kier molecular flexibility index (Phi) is 3.82. The van der Waals surface area contributed by atoms with Gasteiger partial charge in [-0.1, -0.05) is 29.3 Å². The minimum Gasteiger partial charge on any atom is -0.353 e. The number of nitrogens with one attached hydrogen (secondary N) is 1. The van der Waals surface area contributed by atoms with Crippen LogP contribution in [0.25, 0.3) is 10.1 Å². The molecule has 1 aromatic carbocycles. The summed E-state index contributed by atoms with van der Waals surface area (Å²) in [6.07, 6.45) is 0. The van der Waals surface area contributed by atoms with Crippen LogP contribution in [0.5, 0.6) is 0 Å². The first-order chi connectivity index (χ1) is 9.99. The first kappa shape index (κ1) is 14.6. The molecule has 0 bridgehead atoms. The van der Waals surface area contributed by atoms with Gasteiger partial charge in [0, 0.05) is 28.2 Å². The van der Waals surface area contributed by atoms with Gasteiger partial charge >= 0.3 is 0 Å². The summed E-state index contributed by atoms with van der Waals surface area (Å²) in [5, 5.41) is 4.57. The highest BCUT2D eigenvalue weighted by atomic mass is 35.5. The number of carbonyl (C=O) groups excluding carboxylic acids is 2. The summed E-state index contributed by atoms with van der Waals surface area (Å²) in [6, 6.07) is 4.85. The molecule has 0 aliphatic carbocycles. The van der Waals surface area contributed by atoms with Crippen molar-refractivity contribution in [2.24, 2.45) is 0 Å². The van der Waals surface area contributed by atoms with E-state index in [9.17, 15) is 9.59 Å². The van der Waals surface area contributed by atoms with E-state index in [0.29, 0.717) is 28.0 Å². The summed E-state index contributed by atoms with van der Waals surface area (Å²) in [5.41, 5.74) is 0. The van der Waals surface area contributed by atoms with Gasteiger partial charge in [0.2, 0.25) is 5.91 Å². The molecule has 21 heavy (non-hydrogen) atoms. The van der Waals surface area contributed by atoms with Gasteiger partial charge in [0.05, 0.1) is 5.02 Å². The van der Waals surface area contributed by atoms with Crippen molar-refractivity contribution in [1.29, 1.82) is 0 Å². The van der Waals surface area contributed by atoms with E-state index in [4.69, 9.17) is 23.2 Å². The molecule has 7 heteroatoms. The summed E-state index contributed by atoms with van der Waals surface area (Å²) < 4.78 is 0.866. The smallest absolute Gasteiger partial charge is 0.266 e. The van der Waals surface area contributed by atoms with Crippen molar-refractivity contribution in [2.45, 2.75) is 13.0 Å². The van der Waals surface area contributed by atoms with Crippen LogP contribution in [0.1, 0.15) is 16.6 Å². The third kappa shape index (κ3) is 2.50. The average molecular weight is 343 g/mol. The number of nitrogens with zero attached hydrogens (tertiary/aromatic N) is 1. The van der Waals surface area contributed by atoms with E-state index in [0.717, 1.165) is 10.1 Å². The van der Waals surface area contributed by atoms with Crippen molar-refractivity contribution in [3.63, 3.8) is 0 Å². The third-order valence-electron chi connectivity index (χ3n) is 3.55. The topological polar surface area (TPSA) is 49.4 Å². The number of halogens is 2. The second kappa shape index (κ2) is 5.48. The Labute approximate surface area is 135 Å². The fourth-order valence-corrected chi connectivity index (χ4v) is 4.11. The van der Waals surface area contributed by atoms with Gasteiger partial charge in [-0.15, -0.1) is 11.3 Å². The van der Waals surface area contributed by atoms with Gasteiger partial charge in [0.25, 0.3) is 5.91 Å². The second-order valence-electron chi connectivity index (χ2n) is 4.85. The van der Waals surface area contributed by atoms with Crippen LogP contribution in [0, 0.1) is 0 Å². The van der Waals surface area contributed by atoms with E-state index in [2.05, 4.69) is 5.32 Å². The Morgan fingerprint density at radius 1 is 1.43 bits per heavy atom. The molecule has 1 aromatic heterocycles. The van der Waals surface area contributed by atoms with Crippen molar-refractivity contribution < 1.29 is 9.59 Å². The fraction of sp³-hybridized carbons (Fsp3) is 0.286. The van der Waals surface area contributed by atoms with E-state index < -0.39 is 6.04 Å². The monoisotopic (exact) mass is 342 g/mol. The molecule has 1 aliphatic rings.